The number of oxime groups is 1. The summed E-state index contributed by atoms with van der Waals surface area (Å²) in [5.74, 6) is 0. The molecule has 0 bridgehead atoms. The Labute approximate surface area is 114 Å². The molecule has 0 unspecified atom stereocenters. The Morgan fingerprint density at radius 2 is 1.17 bits per heavy atom. The van der Waals surface area contributed by atoms with Gasteiger partial charge in [-0.25, -0.2) is 0 Å². The summed E-state index contributed by atoms with van der Waals surface area (Å²) < 4.78 is 0. The fraction of sp³-hybridized carbons (Fsp3) is 0.938. The van der Waals surface area contributed by atoms with Crippen molar-refractivity contribution in [2.45, 2.75) is 90.4 Å². The lowest BCUT2D eigenvalue weighted by atomic mass is 10.0. The number of hydrogen-bond acceptors (Lipinski definition) is 2. The Balaban J connectivity index is 2.92. The first-order chi connectivity index (χ1) is 8.91. The van der Waals surface area contributed by atoms with Crippen molar-refractivity contribution in [1.29, 1.82) is 0 Å². The van der Waals surface area contributed by atoms with E-state index >= 15 is 0 Å². The number of hydrogen-bond donors (Lipinski definition) is 0. The summed E-state index contributed by atoms with van der Waals surface area (Å²) in [5, 5.41) is 3.74. The molecule has 0 aliphatic carbocycles. The third-order valence-electron chi connectivity index (χ3n) is 3.37. The van der Waals surface area contributed by atoms with Crippen LogP contribution in [0.25, 0.3) is 0 Å². The quantitative estimate of drug-likeness (QED) is 0.221. The van der Waals surface area contributed by atoms with Crippen LogP contribution in [-0.2, 0) is 4.84 Å². The van der Waals surface area contributed by atoms with Gasteiger partial charge in [-0.3, -0.25) is 0 Å². The van der Waals surface area contributed by atoms with Gasteiger partial charge in [-0.1, -0.05) is 82.7 Å². The molecule has 0 fully saturated rings. The van der Waals surface area contributed by atoms with E-state index in [0.717, 1.165) is 6.42 Å². The molecule has 0 aliphatic rings. The number of nitrogens with zero attached hydrogens (tertiary/aromatic N) is 1. The number of unbranched alkanes of at least 4 members (excludes halogenated alkanes) is 12. The SMILES string of the molecule is CCCCCCCCCCCCCCC=NOC. The molecule has 0 rings (SSSR count). The summed E-state index contributed by atoms with van der Waals surface area (Å²) in [6.45, 7) is 2.28. The van der Waals surface area contributed by atoms with E-state index in [-0.39, 0.29) is 0 Å². The van der Waals surface area contributed by atoms with E-state index in [9.17, 15) is 0 Å². The lowest BCUT2D eigenvalue weighted by Gasteiger charge is -2.02. The summed E-state index contributed by atoms with van der Waals surface area (Å²) in [7, 11) is 1.60. The van der Waals surface area contributed by atoms with E-state index in [1.54, 1.807) is 7.11 Å². The third-order valence-corrected chi connectivity index (χ3v) is 3.37. The first-order valence-corrected chi connectivity index (χ1v) is 7.96. The highest BCUT2D eigenvalue weighted by molar-refractivity contribution is 5.55. The highest BCUT2D eigenvalue weighted by Gasteiger charge is 1.92. The van der Waals surface area contributed by atoms with E-state index in [2.05, 4.69) is 16.9 Å². The van der Waals surface area contributed by atoms with Crippen LogP contribution in [0.4, 0.5) is 0 Å². The molecule has 0 N–H and O–H groups in total. The second kappa shape index (κ2) is 16.5. The molecule has 0 amide bonds. The standard InChI is InChI=1S/C16H33NO/c1-3-4-5-6-7-8-9-10-11-12-13-14-15-16-17-18-2/h16H,3-15H2,1-2H3. The Bertz CT molecular complexity index is 168. The average Bonchev–Trinajstić information content (AvgIpc) is 2.39. The molecule has 2 nitrogen and oxygen atoms in total. The monoisotopic (exact) mass is 255 g/mol. The summed E-state index contributed by atoms with van der Waals surface area (Å²) in [6.07, 6.45) is 19.8. The van der Waals surface area contributed by atoms with Gasteiger partial charge in [0.05, 0.1) is 0 Å². The van der Waals surface area contributed by atoms with Crippen molar-refractivity contribution in [2.75, 3.05) is 7.11 Å². The van der Waals surface area contributed by atoms with E-state index < -0.39 is 0 Å². The fourth-order valence-corrected chi connectivity index (χ4v) is 2.20. The smallest absolute Gasteiger partial charge is 0.106 e. The minimum Gasteiger partial charge on any atom is -0.399 e. The molecule has 0 aromatic rings. The summed E-state index contributed by atoms with van der Waals surface area (Å²) in [5.41, 5.74) is 0. The number of rotatable bonds is 14. The van der Waals surface area contributed by atoms with Gasteiger partial charge < -0.3 is 4.84 Å². The van der Waals surface area contributed by atoms with Crippen molar-refractivity contribution >= 4 is 6.21 Å². The Morgan fingerprint density at radius 1 is 0.722 bits per heavy atom. The highest BCUT2D eigenvalue weighted by atomic mass is 16.6. The minimum absolute atomic E-state index is 1.06. The first-order valence-electron chi connectivity index (χ1n) is 7.96. The van der Waals surface area contributed by atoms with Crippen LogP contribution < -0.4 is 0 Å². The average molecular weight is 255 g/mol. The molecule has 0 saturated carbocycles. The molecule has 0 radical (unpaired) electrons. The van der Waals surface area contributed by atoms with E-state index in [1.165, 1.54) is 77.0 Å². The zero-order valence-corrected chi connectivity index (χ0v) is 12.6. The molecule has 0 aromatic heterocycles. The molecule has 0 aromatic carbocycles. The molecular formula is C16H33NO. The molecular weight excluding hydrogens is 222 g/mol. The molecule has 0 heterocycles. The Kier molecular flexibility index (Phi) is 16.0. The topological polar surface area (TPSA) is 21.6 Å². The zero-order chi connectivity index (χ0) is 13.3. The van der Waals surface area contributed by atoms with Crippen LogP contribution in [0.15, 0.2) is 5.16 Å². The molecule has 0 atom stereocenters. The van der Waals surface area contributed by atoms with Crippen LogP contribution in [0.3, 0.4) is 0 Å². The van der Waals surface area contributed by atoms with Crippen LogP contribution >= 0.6 is 0 Å². The van der Waals surface area contributed by atoms with Crippen LogP contribution in [0.2, 0.25) is 0 Å². The van der Waals surface area contributed by atoms with Gasteiger partial charge in [0.2, 0.25) is 0 Å². The van der Waals surface area contributed by atoms with Gasteiger partial charge in [-0.15, -0.1) is 0 Å². The second-order valence-electron chi connectivity index (χ2n) is 5.15. The van der Waals surface area contributed by atoms with Crippen molar-refractivity contribution in [2.24, 2.45) is 5.16 Å². The van der Waals surface area contributed by atoms with Gasteiger partial charge in [0.1, 0.15) is 7.11 Å². The summed E-state index contributed by atoms with van der Waals surface area (Å²) in [4.78, 5) is 4.62. The maximum atomic E-state index is 4.62. The maximum Gasteiger partial charge on any atom is 0.106 e. The normalized spacial score (nSPS) is 11.2. The van der Waals surface area contributed by atoms with E-state index in [0.29, 0.717) is 0 Å². The van der Waals surface area contributed by atoms with Crippen molar-refractivity contribution in [3.63, 3.8) is 0 Å². The van der Waals surface area contributed by atoms with Crippen LogP contribution in [0.5, 0.6) is 0 Å². The van der Waals surface area contributed by atoms with Gasteiger partial charge in [0.15, 0.2) is 0 Å². The molecule has 0 aliphatic heterocycles. The van der Waals surface area contributed by atoms with Gasteiger partial charge in [0, 0.05) is 6.21 Å². The highest BCUT2D eigenvalue weighted by Crippen LogP contribution is 2.12. The van der Waals surface area contributed by atoms with Gasteiger partial charge in [-0.05, 0) is 12.8 Å². The largest absolute Gasteiger partial charge is 0.399 e. The molecule has 0 spiro atoms. The fourth-order valence-electron chi connectivity index (χ4n) is 2.20. The van der Waals surface area contributed by atoms with Gasteiger partial charge >= 0.3 is 0 Å². The zero-order valence-electron chi connectivity index (χ0n) is 12.6. The maximum absolute atomic E-state index is 4.62. The van der Waals surface area contributed by atoms with Crippen LogP contribution in [-0.4, -0.2) is 13.3 Å². The Hall–Kier alpha value is -0.530. The third kappa shape index (κ3) is 15.5. The van der Waals surface area contributed by atoms with E-state index in [1.807, 2.05) is 6.21 Å². The Morgan fingerprint density at radius 3 is 1.61 bits per heavy atom. The van der Waals surface area contributed by atoms with Gasteiger partial charge in [-0.2, -0.15) is 0 Å². The predicted molar refractivity (Wildman–Crippen MR) is 81.2 cm³/mol. The molecule has 108 valence electrons. The van der Waals surface area contributed by atoms with Crippen molar-refractivity contribution < 1.29 is 4.84 Å². The molecule has 18 heavy (non-hydrogen) atoms. The first kappa shape index (κ1) is 17.5. The minimum atomic E-state index is 1.06. The summed E-state index contributed by atoms with van der Waals surface area (Å²) in [6, 6.07) is 0. The van der Waals surface area contributed by atoms with Crippen molar-refractivity contribution in [1.82, 2.24) is 0 Å². The van der Waals surface area contributed by atoms with Crippen LogP contribution in [0.1, 0.15) is 90.4 Å². The summed E-state index contributed by atoms with van der Waals surface area (Å²) >= 11 is 0. The second-order valence-corrected chi connectivity index (χ2v) is 5.15. The van der Waals surface area contributed by atoms with Crippen molar-refractivity contribution in [3.05, 3.63) is 0 Å². The van der Waals surface area contributed by atoms with Crippen LogP contribution in [0, 0.1) is 0 Å². The molecule has 0 saturated heterocycles. The van der Waals surface area contributed by atoms with Gasteiger partial charge in [0.25, 0.3) is 0 Å². The van der Waals surface area contributed by atoms with Crippen molar-refractivity contribution in [3.8, 4) is 0 Å². The molecule has 2 heteroatoms. The lowest BCUT2D eigenvalue weighted by molar-refractivity contribution is 0.214. The van der Waals surface area contributed by atoms with E-state index in [4.69, 9.17) is 0 Å². The predicted octanol–water partition coefficient (Wildman–Crippen LogP) is 5.71. The lowest BCUT2D eigenvalue weighted by Crippen LogP contribution is -1.83.